The fraction of sp³-hybridized carbons (Fsp3) is 0.286. The highest BCUT2D eigenvalue weighted by atomic mass is 16.5. The molecule has 17 heavy (non-hydrogen) atoms. The Kier molecular flexibility index (Phi) is 2.61. The Hall–Kier alpha value is -1.74. The van der Waals surface area contributed by atoms with E-state index in [-0.39, 0.29) is 11.7 Å². The zero-order valence-corrected chi connectivity index (χ0v) is 9.43. The lowest BCUT2D eigenvalue weighted by atomic mass is 9.94. The molecule has 1 aromatic carbocycles. The lowest BCUT2D eigenvalue weighted by Crippen LogP contribution is -2.14. The zero-order valence-electron chi connectivity index (χ0n) is 9.43. The third-order valence-electron chi connectivity index (χ3n) is 3.25. The second kappa shape index (κ2) is 4.26. The lowest BCUT2D eigenvalue weighted by Gasteiger charge is -2.09. The Morgan fingerprint density at radius 1 is 1.35 bits per heavy atom. The highest BCUT2D eigenvalue weighted by Crippen LogP contribution is 2.24. The van der Waals surface area contributed by atoms with Crippen LogP contribution in [0, 0.1) is 5.92 Å². The molecule has 3 heteroatoms. The minimum Gasteiger partial charge on any atom is -0.381 e. The van der Waals surface area contributed by atoms with Gasteiger partial charge < -0.3 is 4.74 Å². The number of ether oxygens (including phenoxy) is 1. The molecule has 0 spiro atoms. The van der Waals surface area contributed by atoms with E-state index in [9.17, 15) is 4.79 Å². The van der Waals surface area contributed by atoms with Crippen molar-refractivity contribution in [3.63, 3.8) is 0 Å². The summed E-state index contributed by atoms with van der Waals surface area (Å²) < 4.78 is 5.28. The van der Waals surface area contributed by atoms with Gasteiger partial charge in [-0.2, -0.15) is 0 Å². The van der Waals surface area contributed by atoms with Gasteiger partial charge in [-0.1, -0.05) is 18.2 Å². The molecule has 0 aliphatic carbocycles. The minimum atomic E-state index is 0.0220. The lowest BCUT2D eigenvalue weighted by molar-refractivity contribution is 0.0902. The molecule has 1 unspecified atom stereocenters. The number of nitrogens with zero attached hydrogens (tertiary/aromatic N) is 1. The molecule has 1 aromatic heterocycles. The summed E-state index contributed by atoms with van der Waals surface area (Å²) in [5.74, 6) is 0.216. The van der Waals surface area contributed by atoms with Crippen LogP contribution < -0.4 is 0 Å². The van der Waals surface area contributed by atoms with Gasteiger partial charge in [0.15, 0.2) is 5.78 Å². The topological polar surface area (TPSA) is 39.2 Å². The number of hydrogen-bond acceptors (Lipinski definition) is 3. The van der Waals surface area contributed by atoms with E-state index in [2.05, 4.69) is 4.98 Å². The van der Waals surface area contributed by atoms with Gasteiger partial charge in [-0.25, -0.2) is 0 Å². The van der Waals surface area contributed by atoms with Gasteiger partial charge in [0.1, 0.15) is 0 Å². The highest BCUT2D eigenvalue weighted by Gasteiger charge is 2.25. The van der Waals surface area contributed by atoms with Crippen molar-refractivity contribution in [1.82, 2.24) is 4.98 Å². The Balaban J connectivity index is 2.07. The van der Waals surface area contributed by atoms with Crippen LogP contribution in [0.1, 0.15) is 16.8 Å². The van der Waals surface area contributed by atoms with Crippen molar-refractivity contribution < 1.29 is 9.53 Å². The van der Waals surface area contributed by atoms with Crippen molar-refractivity contribution in [3.8, 4) is 0 Å². The number of carbonyl (C=O) groups excluding carboxylic acids is 1. The Bertz CT molecular complexity index is 554. The Morgan fingerprint density at radius 3 is 3.12 bits per heavy atom. The third kappa shape index (κ3) is 1.83. The first-order valence-corrected chi connectivity index (χ1v) is 5.81. The summed E-state index contributed by atoms with van der Waals surface area (Å²) >= 11 is 0. The molecule has 0 bridgehead atoms. The van der Waals surface area contributed by atoms with E-state index in [0.717, 1.165) is 22.8 Å². The van der Waals surface area contributed by atoms with Crippen LogP contribution in [0.15, 0.2) is 36.7 Å². The van der Waals surface area contributed by atoms with Crippen molar-refractivity contribution in [2.75, 3.05) is 13.2 Å². The second-order valence-electron chi connectivity index (χ2n) is 4.33. The number of rotatable bonds is 2. The van der Waals surface area contributed by atoms with E-state index < -0.39 is 0 Å². The molecular weight excluding hydrogens is 214 g/mol. The predicted molar refractivity (Wildman–Crippen MR) is 65.0 cm³/mol. The number of aromatic nitrogens is 1. The van der Waals surface area contributed by atoms with E-state index in [1.807, 2.05) is 24.3 Å². The van der Waals surface area contributed by atoms with Crippen LogP contribution in [-0.2, 0) is 4.74 Å². The summed E-state index contributed by atoms with van der Waals surface area (Å²) in [4.78, 5) is 16.4. The van der Waals surface area contributed by atoms with Crippen LogP contribution in [-0.4, -0.2) is 24.0 Å². The van der Waals surface area contributed by atoms with Gasteiger partial charge in [0.05, 0.1) is 6.61 Å². The fourth-order valence-corrected chi connectivity index (χ4v) is 2.30. The first-order chi connectivity index (χ1) is 8.36. The maximum absolute atomic E-state index is 12.4. The van der Waals surface area contributed by atoms with Crippen molar-refractivity contribution in [3.05, 3.63) is 42.2 Å². The molecule has 2 heterocycles. The first kappa shape index (κ1) is 10.4. The van der Waals surface area contributed by atoms with Gasteiger partial charge >= 0.3 is 0 Å². The van der Waals surface area contributed by atoms with E-state index >= 15 is 0 Å². The molecule has 0 saturated carbocycles. The number of Topliss-reactive ketones (excluding diaryl/α,β-unsaturated/α-hetero) is 1. The highest BCUT2D eigenvalue weighted by molar-refractivity contribution is 6.09. The summed E-state index contributed by atoms with van der Waals surface area (Å²) in [6, 6.07) is 7.68. The van der Waals surface area contributed by atoms with Crippen molar-refractivity contribution in [2.45, 2.75) is 6.42 Å². The number of ketones is 1. The molecule has 3 nitrogen and oxygen atoms in total. The van der Waals surface area contributed by atoms with Crippen LogP contribution in [0.5, 0.6) is 0 Å². The van der Waals surface area contributed by atoms with Crippen molar-refractivity contribution in [1.29, 1.82) is 0 Å². The number of hydrogen-bond donors (Lipinski definition) is 0. The Labute approximate surface area is 99.4 Å². The van der Waals surface area contributed by atoms with Crippen LogP contribution in [0.2, 0.25) is 0 Å². The smallest absolute Gasteiger partial charge is 0.168 e. The average Bonchev–Trinajstić information content (AvgIpc) is 2.91. The fourth-order valence-electron chi connectivity index (χ4n) is 2.30. The Morgan fingerprint density at radius 2 is 2.29 bits per heavy atom. The maximum atomic E-state index is 12.4. The molecular formula is C14H13NO2. The normalized spacial score (nSPS) is 19.6. The largest absolute Gasteiger partial charge is 0.381 e. The number of fused-ring (bicyclic) bond motifs is 1. The minimum absolute atomic E-state index is 0.0220. The summed E-state index contributed by atoms with van der Waals surface area (Å²) in [5.41, 5.74) is 0.792. The SMILES string of the molecule is O=C(c1cccc2cnccc12)C1CCOC1. The maximum Gasteiger partial charge on any atom is 0.168 e. The molecule has 1 atom stereocenters. The molecule has 0 amide bonds. The first-order valence-electron chi connectivity index (χ1n) is 5.81. The van der Waals surface area contributed by atoms with Crippen LogP contribution in [0.25, 0.3) is 10.8 Å². The zero-order chi connectivity index (χ0) is 11.7. The van der Waals surface area contributed by atoms with Gasteiger partial charge in [-0.05, 0) is 17.9 Å². The van der Waals surface area contributed by atoms with E-state index in [4.69, 9.17) is 4.74 Å². The van der Waals surface area contributed by atoms with E-state index in [1.54, 1.807) is 12.4 Å². The molecule has 1 aliphatic heterocycles. The molecule has 0 N–H and O–H groups in total. The van der Waals surface area contributed by atoms with Crippen LogP contribution >= 0.6 is 0 Å². The molecule has 86 valence electrons. The van der Waals surface area contributed by atoms with Crippen molar-refractivity contribution in [2.24, 2.45) is 5.92 Å². The molecule has 1 saturated heterocycles. The van der Waals surface area contributed by atoms with Gasteiger partial charge in [-0.3, -0.25) is 9.78 Å². The van der Waals surface area contributed by atoms with Crippen molar-refractivity contribution >= 4 is 16.6 Å². The average molecular weight is 227 g/mol. The van der Waals surface area contributed by atoms with Gasteiger partial charge in [-0.15, -0.1) is 0 Å². The summed E-state index contributed by atoms with van der Waals surface area (Å²) in [6.45, 7) is 1.25. The summed E-state index contributed by atoms with van der Waals surface area (Å²) in [7, 11) is 0. The quantitative estimate of drug-likeness (QED) is 0.740. The molecule has 1 fully saturated rings. The molecule has 2 aromatic rings. The number of carbonyl (C=O) groups is 1. The summed E-state index contributed by atoms with van der Waals surface area (Å²) in [5, 5.41) is 2.00. The van der Waals surface area contributed by atoms with Gasteiger partial charge in [0.25, 0.3) is 0 Å². The number of benzene rings is 1. The monoisotopic (exact) mass is 227 g/mol. The molecule has 0 radical (unpaired) electrons. The molecule has 1 aliphatic rings. The number of pyridine rings is 1. The van der Waals surface area contributed by atoms with Crippen LogP contribution in [0.4, 0.5) is 0 Å². The van der Waals surface area contributed by atoms with Gasteiger partial charge in [0, 0.05) is 35.9 Å². The van der Waals surface area contributed by atoms with E-state index in [0.29, 0.717) is 13.2 Å². The summed E-state index contributed by atoms with van der Waals surface area (Å²) in [6.07, 6.45) is 4.35. The molecule has 3 rings (SSSR count). The van der Waals surface area contributed by atoms with Gasteiger partial charge in [0.2, 0.25) is 0 Å². The predicted octanol–water partition coefficient (Wildman–Crippen LogP) is 2.45. The second-order valence-corrected chi connectivity index (χ2v) is 4.33. The third-order valence-corrected chi connectivity index (χ3v) is 3.25. The standard InChI is InChI=1S/C14H13NO2/c16-14(11-5-7-17-9-11)13-3-1-2-10-8-15-6-4-12(10)13/h1-4,6,8,11H,5,7,9H2. The van der Waals surface area contributed by atoms with E-state index in [1.165, 1.54) is 0 Å². The van der Waals surface area contributed by atoms with Crippen LogP contribution in [0.3, 0.4) is 0 Å².